The quantitative estimate of drug-likeness (QED) is 0.797. The van der Waals surface area contributed by atoms with E-state index in [1.54, 1.807) is 11.9 Å². The van der Waals surface area contributed by atoms with E-state index in [1.807, 2.05) is 12.1 Å². The number of hydrogen-bond acceptors (Lipinski definition) is 6. The normalized spacial score (nSPS) is 15.2. The van der Waals surface area contributed by atoms with Crippen LogP contribution < -0.4 is 10.1 Å². The molecule has 31 heavy (non-hydrogen) atoms. The lowest BCUT2D eigenvalue weighted by molar-refractivity contribution is 0.0299. The highest BCUT2D eigenvalue weighted by Crippen LogP contribution is 2.34. The Balaban J connectivity index is 1.65. The van der Waals surface area contributed by atoms with Gasteiger partial charge in [0.2, 0.25) is 0 Å². The van der Waals surface area contributed by atoms with E-state index in [9.17, 15) is 14.4 Å². The molecule has 1 N–H and O–H groups in total. The van der Waals surface area contributed by atoms with Crippen molar-refractivity contribution in [3.63, 3.8) is 0 Å². The summed E-state index contributed by atoms with van der Waals surface area (Å²) in [6.45, 7) is 1.77. The number of nitrogens with zero attached hydrogens (tertiary/aromatic N) is 3. The Kier molecular flexibility index (Phi) is 5.87. The minimum atomic E-state index is -0.587. The summed E-state index contributed by atoms with van der Waals surface area (Å²) < 4.78 is 25.7. The molecule has 1 aliphatic carbocycles. The van der Waals surface area contributed by atoms with E-state index in [2.05, 4.69) is 16.4 Å². The highest BCUT2D eigenvalue weighted by Gasteiger charge is 2.25. The van der Waals surface area contributed by atoms with Gasteiger partial charge in [-0.1, -0.05) is 6.08 Å². The molecule has 1 fully saturated rings. The van der Waals surface area contributed by atoms with Gasteiger partial charge in [-0.05, 0) is 18.2 Å². The molecule has 0 radical (unpaired) electrons. The molecule has 1 aromatic heterocycles. The number of morpholine rings is 1. The lowest BCUT2D eigenvalue weighted by atomic mass is 10.0. The number of allylic oxidation sites excluding steroid dienone is 2. The summed E-state index contributed by atoms with van der Waals surface area (Å²) in [7, 11) is 3.29. The third-order valence-electron chi connectivity index (χ3n) is 5.58. The first kappa shape index (κ1) is 20.8. The smallest absolute Gasteiger partial charge is 0.257 e. The Morgan fingerprint density at radius 3 is 2.81 bits per heavy atom. The van der Waals surface area contributed by atoms with Crippen LogP contribution in [0.2, 0.25) is 0 Å². The molecular weight excluding hydrogens is 399 g/mol. The van der Waals surface area contributed by atoms with Crippen molar-refractivity contribution >= 4 is 17.2 Å². The predicted molar refractivity (Wildman–Crippen MR) is 114 cm³/mol. The highest BCUT2D eigenvalue weighted by atomic mass is 19.1. The van der Waals surface area contributed by atoms with Crippen molar-refractivity contribution in [2.45, 2.75) is 12.8 Å². The zero-order valence-corrected chi connectivity index (χ0v) is 17.5. The van der Waals surface area contributed by atoms with Gasteiger partial charge < -0.3 is 19.7 Å². The summed E-state index contributed by atoms with van der Waals surface area (Å²) in [6, 6.07) is 6.87. The van der Waals surface area contributed by atoms with Crippen LogP contribution in [0, 0.1) is 17.1 Å². The van der Waals surface area contributed by atoms with Gasteiger partial charge in [-0.25, -0.2) is 4.39 Å². The van der Waals surface area contributed by atoms with Crippen molar-refractivity contribution in [3.8, 4) is 11.8 Å². The minimum absolute atomic E-state index is 0.0109. The number of nitrogens with one attached hydrogen (secondary N) is 1. The third-order valence-corrected chi connectivity index (χ3v) is 5.58. The molecule has 1 amide bonds. The number of aromatic nitrogens is 1. The Bertz CT molecular complexity index is 1100. The van der Waals surface area contributed by atoms with Crippen LogP contribution in [0.3, 0.4) is 0 Å². The molecule has 8 heteroatoms. The number of anilines is 1. The molecule has 2 aromatic rings. The number of methoxy groups -OCH3 is 1. The fourth-order valence-electron chi connectivity index (χ4n) is 4.01. The predicted octanol–water partition coefficient (Wildman–Crippen LogP) is 2.80. The topological polar surface area (TPSA) is 87.5 Å². The average Bonchev–Trinajstić information content (AvgIpc) is 3.22. The van der Waals surface area contributed by atoms with Gasteiger partial charge in [0.15, 0.2) is 0 Å². The number of carbonyl (C=O) groups excluding carboxylic acids is 1. The van der Waals surface area contributed by atoms with E-state index in [-0.39, 0.29) is 11.5 Å². The van der Waals surface area contributed by atoms with Crippen molar-refractivity contribution in [1.29, 1.82) is 5.26 Å². The SMILES string of the molecule is CNc1cc(Cc2cc(F)c(C(=O)N3CCOCC3)cc2OC)nc2c1C(C#N)=CC2. The molecule has 160 valence electrons. The van der Waals surface area contributed by atoms with Gasteiger partial charge in [-0.15, -0.1) is 0 Å². The summed E-state index contributed by atoms with van der Waals surface area (Å²) in [5.41, 5.74) is 4.36. The van der Waals surface area contributed by atoms with E-state index in [0.717, 1.165) is 22.6 Å². The Morgan fingerprint density at radius 1 is 1.35 bits per heavy atom. The van der Waals surface area contributed by atoms with E-state index >= 15 is 0 Å². The maximum Gasteiger partial charge on any atom is 0.257 e. The first-order valence-corrected chi connectivity index (χ1v) is 10.1. The molecule has 4 rings (SSSR count). The van der Waals surface area contributed by atoms with Crippen LogP contribution in [0.4, 0.5) is 10.1 Å². The number of hydrogen-bond donors (Lipinski definition) is 1. The zero-order valence-electron chi connectivity index (χ0n) is 17.5. The van der Waals surface area contributed by atoms with E-state index < -0.39 is 5.82 Å². The summed E-state index contributed by atoms with van der Waals surface area (Å²) in [6.07, 6.45) is 2.77. The van der Waals surface area contributed by atoms with Gasteiger partial charge in [0, 0.05) is 55.5 Å². The number of fused-ring (bicyclic) bond motifs is 1. The van der Waals surface area contributed by atoms with E-state index in [0.29, 0.717) is 56.0 Å². The van der Waals surface area contributed by atoms with Gasteiger partial charge in [0.25, 0.3) is 5.91 Å². The molecule has 1 saturated heterocycles. The molecule has 0 atom stereocenters. The van der Waals surface area contributed by atoms with Gasteiger partial charge in [-0.2, -0.15) is 5.26 Å². The van der Waals surface area contributed by atoms with Crippen LogP contribution >= 0.6 is 0 Å². The minimum Gasteiger partial charge on any atom is -0.496 e. The largest absolute Gasteiger partial charge is 0.496 e. The summed E-state index contributed by atoms with van der Waals surface area (Å²) in [5, 5.41) is 12.5. The molecule has 0 spiro atoms. The summed E-state index contributed by atoms with van der Waals surface area (Å²) >= 11 is 0. The highest BCUT2D eigenvalue weighted by molar-refractivity contribution is 5.95. The maximum atomic E-state index is 14.9. The number of halogens is 1. The second-order valence-electron chi connectivity index (χ2n) is 7.39. The van der Waals surface area contributed by atoms with Crippen LogP contribution in [0.25, 0.3) is 5.57 Å². The molecule has 1 aliphatic heterocycles. The number of nitriles is 1. The molecule has 2 aliphatic rings. The van der Waals surface area contributed by atoms with E-state index in [4.69, 9.17) is 9.47 Å². The van der Waals surface area contributed by atoms with Crippen molar-refractivity contribution in [3.05, 3.63) is 58.2 Å². The van der Waals surface area contributed by atoms with Gasteiger partial charge >= 0.3 is 0 Å². The molecular formula is C23H23FN4O3. The Hall–Kier alpha value is -3.44. The number of pyridine rings is 1. The van der Waals surface area contributed by atoms with Gasteiger partial charge in [0.05, 0.1) is 43.2 Å². The van der Waals surface area contributed by atoms with Crippen LogP contribution in [-0.2, 0) is 17.6 Å². The first-order chi connectivity index (χ1) is 15.0. The average molecular weight is 422 g/mol. The lowest BCUT2D eigenvalue weighted by Crippen LogP contribution is -2.41. The fourth-order valence-corrected chi connectivity index (χ4v) is 4.01. The lowest BCUT2D eigenvalue weighted by Gasteiger charge is -2.27. The van der Waals surface area contributed by atoms with Crippen LogP contribution in [-0.4, -0.2) is 56.3 Å². The second kappa shape index (κ2) is 8.74. The summed E-state index contributed by atoms with van der Waals surface area (Å²) in [4.78, 5) is 19.0. The third kappa shape index (κ3) is 3.97. The molecule has 0 bridgehead atoms. The molecule has 0 saturated carbocycles. The fraction of sp³-hybridized carbons (Fsp3) is 0.348. The standard InChI is InChI=1S/C23H23FN4O3/c1-26-20-11-16(27-19-4-3-14(13-25)22(19)20)9-15-10-18(24)17(12-21(15)30-2)23(29)28-5-7-31-8-6-28/h3,10-12H,4-9H2,1-2H3,(H,26,27). The van der Waals surface area contributed by atoms with Gasteiger partial charge in [-0.3, -0.25) is 9.78 Å². The molecule has 1 aromatic carbocycles. The van der Waals surface area contributed by atoms with Crippen molar-refractivity contribution in [1.82, 2.24) is 9.88 Å². The van der Waals surface area contributed by atoms with Crippen molar-refractivity contribution in [2.24, 2.45) is 0 Å². The molecule has 0 unspecified atom stereocenters. The van der Waals surface area contributed by atoms with Crippen molar-refractivity contribution in [2.75, 3.05) is 45.8 Å². The molecule has 2 heterocycles. The zero-order chi connectivity index (χ0) is 22.0. The van der Waals surface area contributed by atoms with Crippen LogP contribution in [0.5, 0.6) is 5.75 Å². The second-order valence-corrected chi connectivity index (χ2v) is 7.39. The molecule has 7 nitrogen and oxygen atoms in total. The number of rotatable bonds is 5. The monoisotopic (exact) mass is 422 g/mol. The van der Waals surface area contributed by atoms with Crippen LogP contribution in [0.15, 0.2) is 24.3 Å². The number of ether oxygens (including phenoxy) is 2. The van der Waals surface area contributed by atoms with E-state index in [1.165, 1.54) is 19.2 Å². The maximum absolute atomic E-state index is 14.9. The van der Waals surface area contributed by atoms with Crippen LogP contribution in [0.1, 0.15) is 32.9 Å². The number of benzene rings is 1. The number of carbonyl (C=O) groups is 1. The first-order valence-electron chi connectivity index (χ1n) is 10.1. The summed E-state index contributed by atoms with van der Waals surface area (Å²) in [5.74, 6) is -0.522. The number of amides is 1. The van der Waals surface area contributed by atoms with Gasteiger partial charge in [0.1, 0.15) is 11.6 Å². The Labute approximate surface area is 180 Å². The van der Waals surface area contributed by atoms with Crippen molar-refractivity contribution < 1.29 is 18.7 Å². The Morgan fingerprint density at radius 2 is 2.13 bits per heavy atom.